The minimum atomic E-state index is 0. The highest BCUT2D eigenvalue weighted by molar-refractivity contribution is 14.0. The Morgan fingerprint density at radius 3 is 2.76 bits per heavy atom. The minimum Gasteiger partial charge on any atom is -0.454 e. The van der Waals surface area contributed by atoms with Gasteiger partial charge in [0.05, 0.1) is 0 Å². The number of aliphatic imine (C=N–C) groups is 1. The molecule has 1 aliphatic rings. The number of halogens is 1. The first-order chi connectivity index (χ1) is 13.7. The van der Waals surface area contributed by atoms with Crippen LogP contribution in [-0.2, 0) is 24.8 Å². The van der Waals surface area contributed by atoms with Crippen molar-refractivity contribution in [2.45, 2.75) is 26.3 Å². The van der Waals surface area contributed by atoms with Crippen LogP contribution in [0.3, 0.4) is 0 Å². The maximum atomic E-state index is 5.44. The van der Waals surface area contributed by atoms with E-state index in [1.165, 1.54) is 5.56 Å². The van der Waals surface area contributed by atoms with Gasteiger partial charge >= 0.3 is 0 Å². The lowest BCUT2D eigenvalue weighted by atomic mass is 10.1. The third kappa shape index (κ3) is 6.74. The molecule has 0 atom stereocenters. The quantitative estimate of drug-likeness (QED) is 0.227. The van der Waals surface area contributed by atoms with Gasteiger partial charge in [0.25, 0.3) is 0 Å². The third-order valence-electron chi connectivity index (χ3n) is 4.52. The predicted molar refractivity (Wildman–Crippen MR) is 121 cm³/mol. The van der Waals surface area contributed by atoms with Crippen LogP contribution in [0.2, 0.25) is 0 Å². The number of benzene rings is 1. The molecule has 29 heavy (non-hydrogen) atoms. The Hall–Kier alpha value is -2.08. The van der Waals surface area contributed by atoms with Crippen molar-refractivity contribution < 1.29 is 14.2 Å². The van der Waals surface area contributed by atoms with Gasteiger partial charge in [-0.1, -0.05) is 6.07 Å². The van der Waals surface area contributed by atoms with Gasteiger partial charge in [0.15, 0.2) is 23.3 Å². The molecule has 0 spiro atoms. The van der Waals surface area contributed by atoms with E-state index >= 15 is 0 Å². The van der Waals surface area contributed by atoms with E-state index in [1.54, 1.807) is 7.11 Å². The number of hydrogen-bond donors (Lipinski definition) is 2. The molecule has 0 saturated carbocycles. The largest absolute Gasteiger partial charge is 0.454 e. The average Bonchev–Trinajstić information content (AvgIpc) is 3.29. The molecule has 0 aliphatic carbocycles. The maximum absolute atomic E-state index is 5.44. The highest BCUT2D eigenvalue weighted by Crippen LogP contribution is 2.32. The molecule has 3 rings (SSSR count). The lowest BCUT2D eigenvalue weighted by Crippen LogP contribution is -2.39. The summed E-state index contributed by atoms with van der Waals surface area (Å²) in [5.74, 6) is 4.05. The van der Waals surface area contributed by atoms with E-state index in [1.807, 2.05) is 30.7 Å². The molecule has 0 unspecified atom stereocenters. The number of nitrogens with one attached hydrogen (secondary N) is 2. The smallest absolute Gasteiger partial charge is 0.231 e. The number of rotatable bonds is 9. The third-order valence-corrected chi connectivity index (χ3v) is 4.52. The summed E-state index contributed by atoms with van der Waals surface area (Å²) in [5, 5.41) is 15.0. The van der Waals surface area contributed by atoms with Crippen molar-refractivity contribution in [3.63, 3.8) is 0 Å². The van der Waals surface area contributed by atoms with Crippen molar-refractivity contribution in [3.8, 4) is 11.5 Å². The van der Waals surface area contributed by atoms with E-state index in [9.17, 15) is 0 Å². The van der Waals surface area contributed by atoms with Gasteiger partial charge in [-0.05, 0) is 37.5 Å². The summed E-state index contributed by atoms with van der Waals surface area (Å²) in [6.07, 6.45) is 1.75. The van der Waals surface area contributed by atoms with E-state index in [0.717, 1.165) is 55.0 Å². The summed E-state index contributed by atoms with van der Waals surface area (Å²) in [4.78, 5) is 4.64. The highest BCUT2D eigenvalue weighted by Gasteiger charge is 2.13. The fourth-order valence-electron chi connectivity index (χ4n) is 2.76. The fourth-order valence-corrected chi connectivity index (χ4v) is 2.76. The summed E-state index contributed by atoms with van der Waals surface area (Å²) < 4.78 is 17.8. The molecule has 0 bridgehead atoms. The van der Waals surface area contributed by atoms with E-state index < -0.39 is 0 Å². The van der Waals surface area contributed by atoms with Crippen molar-refractivity contribution in [3.05, 3.63) is 35.4 Å². The summed E-state index contributed by atoms with van der Waals surface area (Å²) in [5.41, 5.74) is 1.18. The van der Waals surface area contributed by atoms with E-state index in [4.69, 9.17) is 14.2 Å². The fraction of sp³-hybridized carbons (Fsp3) is 0.526. The van der Waals surface area contributed by atoms with Gasteiger partial charge in [0.1, 0.15) is 12.4 Å². The van der Waals surface area contributed by atoms with Crippen molar-refractivity contribution in [1.29, 1.82) is 0 Å². The molecule has 0 radical (unpaired) electrons. The Balaban J connectivity index is 0.00000300. The molecule has 2 heterocycles. The van der Waals surface area contributed by atoms with Crippen LogP contribution < -0.4 is 20.1 Å². The molecule has 1 aliphatic heterocycles. The Morgan fingerprint density at radius 1 is 1.21 bits per heavy atom. The molecule has 1 aromatic carbocycles. The van der Waals surface area contributed by atoms with Crippen LogP contribution >= 0.6 is 24.0 Å². The summed E-state index contributed by atoms with van der Waals surface area (Å²) in [6.45, 7) is 4.91. The number of nitrogens with zero attached hydrogens (tertiary/aromatic N) is 4. The molecule has 2 N–H and O–H groups in total. The van der Waals surface area contributed by atoms with Crippen LogP contribution in [0.1, 0.15) is 23.6 Å². The number of ether oxygens (including phenoxy) is 3. The zero-order valence-corrected chi connectivity index (χ0v) is 19.4. The van der Waals surface area contributed by atoms with E-state index in [0.29, 0.717) is 19.9 Å². The number of aromatic nitrogens is 3. The molecular formula is C19H29IN6O3. The van der Waals surface area contributed by atoms with E-state index in [-0.39, 0.29) is 24.0 Å². The first kappa shape index (κ1) is 23.2. The molecule has 9 nitrogen and oxygen atoms in total. The van der Waals surface area contributed by atoms with Crippen molar-refractivity contribution in [2.75, 3.05) is 33.6 Å². The number of fused-ring (bicyclic) bond motifs is 1. The summed E-state index contributed by atoms with van der Waals surface area (Å²) in [6, 6.07) is 6.03. The van der Waals surface area contributed by atoms with E-state index in [2.05, 4.69) is 31.9 Å². The normalized spacial score (nSPS) is 12.6. The zero-order valence-electron chi connectivity index (χ0n) is 17.1. The standard InChI is InChI=1S/C19H28N6O3.HI/c1-14-23-24-18(25(14)2)12-22-19(20-8-4-10-26-3)21-9-7-15-5-6-16-17(11-15)28-13-27-16;/h5-6,11H,4,7-10,12-13H2,1-3H3,(H2,20,21,22);1H. The van der Waals surface area contributed by atoms with Crippen LogP contribution in [0.15, 0.2) is 23.2 Å². The van der Waals surface area contributed by atoms with Crippen LogP contribution in [-0.4, -0.2) is 54.3 Å². The van der Waals surface area contributed by atoms with Gasteiger partial charge in [0, 0.05) is 33.9 Å². The second kappa shape index (κ2) is 11.8. The van der Waals surface area contributed by atoms with Gasteiger partial charge in [-0.3, -0.25) is 0 Å². The topological polar surface area (TPSA) is 94.8 Å². The molecule has 0 fully saturated rings. The minimum absolute atomic E-state index is 0. The van der Waals surface area contributed by atoms with Crippen LogP contribution in [0, 0.1) is 6.92 Å². The number of guanidine groups is 1. The molecule has 10 heteroatoms. The first-order valence-electron chi connectivity index (χ1n) is 9.42. The molecule has 2 aromatic rings. The van der Waals surface area contributed by atoms with Crippen LogP contribution in [0.4, 0.5) is 0 Å². The lowest BCUT2D eigenvalue weighted by molar-refractivity contribution is 0.174. The summed E-state index contributed by atoms with van der Waals surface area (Å²) in [7, 11) is 3.65. The lowest BCUT2D eigenvalue weighted by Gasteiger charge is -2.13. The summed E-state index contributed by atoms with van der Waals surface area (Å²) >= 11 is 0. The number of hydrogen-bond acceptors (Lipinski definition) is 6. The average molecular weight is 516 g/mol. The highest BCUT2D eigenvalue weighted by atomic mass is 127. The molecular weight excluding hydrogens is 487 g/mol. The van der Waals surface area contributed by atoms with Crippen molar-refractivity contribution >= 4 is 29.9 Å². The van der Waals surface area contributed by atoms with Crippen molar-refractivity contribution in [2.24, 2.45) is 12.0 Å². The second-order valence-corrected chi connectivity index (χ2v) is 6.52. The Morgan fingerprint density at radius 2 is 2.00 bits per heavy atom. The predicted octanol–water partition coefficient (Wildman–Crippen LogP) is 1.78. The first-order valence-corrected chi connectivity index (χ1v) is 9.42. The number of methoxy groups -OCH3 is 1. The van der Waals surface area contributed by atoms with Crippen LogP contribution in [0.5, 0.6) is 11.5 Å². The van der Waals surface area contributed by atoms with Gasteiger partial charge < -0.3 is 29.4 Å². The Labute approximate surface area is 188 Å². The molecule has 160 valence electrons. The Bertz CT molecular complexity index is 811. The molecule has 0 saturated heterocycles. The maximum Gasteiger partial charge on any atom is 0.231 e. The van der Waals surface area contributed by atoms with Gasteiger partial charge in [-0.2, -0.15) is 0 Å². The SMILES string of the molecule is COCCCNC(=NCc1nnc(C)n1C)NCCc1ccc2c(c1)OCO2.I. The monoisotopic (exact) mass is 516 g/mol. The van der Waals surface area contributed by atoms with Gasteiger partial charge in [0.2, 0.25) is 6.79 Å². The zero-order chi connectivity index (χ0) is 19.8. The van der Waals surface area contributed by atoms with Crippen LogP contribution in [0.25, 0.3) is 0 Å². The van der Waals surface area contributed by atoms with Gasteiger partial charge in [-0.25, -0.2) is 4.99 Å². The van der Waals surface area contributed by atoms with Gasteiger partial charge in [-0.15, -0.1) is 34.2 Å². The second-order valence-electron chi connectivity index (χ2n) is 6.52. The Kier molecular flexibility index (Phi) is 9.45. The molecule has 0 amide bonds. The number of aryl methyl sites for hydroxylation is 1. The van der Waals surface area contributed by atoms with Crippen molar-refractivity contribution in [1.82, 2.24) is 25.4 Å². The molecule has 1 aromatic heterocycles.